The Morgan fingerprint density at radius 3 is 2.87 bits per heavy atom. The van der Waals surface area contributed by atoms with Crippen molar-refractivity contribution in [3.8, 4) is 12.3 Å². The molecule has 0 bridgehead atoms. The van der Waals surface area contributed by atoms with Crippen molar-refractivity contribution in [1.82, 2.24) is 0 Å². The van der Waals surface area contributed by atoms with Crippen molar-refractivity contribution in [3.05, 3.63) is 24.3 Å². The predicted octanol–water partition coefficient (Wildman–Crippen LogP) is 0.857. The maximum absolute atomic E-state index is 11.5. The van der Waals surface area contributed by atoms with Crippen LogP contribution in [0.15, 0.2) is 33.6 Å². The van der Waals surface area contributed by atoms with Crippen molar-refractivity contribution in [2.45, 2.75) is 4.90 Å². The van der Waals surface area contributed by atoms with Gasteiger partial charge in [0.1, 0.15) is 11.2 Å². The number of rotatable bonds is 1. The lowest BCUT2D eigenvalue weighted by Gasteiger charge is -2.22. The van der Waals surface area contributed by atoms with Crippen LogP contribution in [0.1, 0.15) is 0 Å². The van der Waals surface area contributed by atoms with E-state index in [1.54, 1.807) is 23.1 Å². The first kappa shape index (κ1) is 9.74. The second kappa shape index (κ2) is 3.41. The van der Waals surface area contributed by atoms with Crippen LogP contribution < -0.4 is 4.90 Å². The number of benzene rings is 1. The van der Waals surface area contributed by atoms with Crippen molar-refractivity contribution in [2.24, 2.45) is 4.40 Å². The van der Waals surface area contributed by atoms with E-state index in [1.165, 1.54) is 12.4 Å². The minimum atomic E-state index is -3.53. The van der Waals surface area contributed by atoms with Gasteiger partial charge in [-0.3, -0.25) is 0 Å². The molecule has 1 heterocycles. The van der Waals surface area contributed by atoms with E-state index in [9.17, 15) is 8.42 Å². The third kappa shape index (κ3) is 1.60. The molecule has 0 fully saturated rings. The summed E-state index contributed by atoms with van der Waals surface area (Å²) < 4.78 is 26.6. The van der Waals surface area contributed by atoms with Gasteiger partial charge >= 0.3 is 0 Å². The lowest BCUT2D eigenvalue weighted by atomic mass is 10.3. The number of hydrogen-bond donors (Lipinski definition) is 0. The molecule has 0 spiro atoms. The average Bonchev–Trinajstić information content (AvgIpc) is 2.23. The normalized spacial score (nSPS) is 16.9. The van der Waals surface area contributed by atoms with Crippen LogP contribution in [0, 0.1) is 12.3 Å². The first-order chi connectivity index (χ1) is 7.15. The summed E-state index contributed by atoms with van der Waals surface area (Å²) in [7, 11) is -3.53. The molecule has 76 valence electrons. The minimum absolute atomic E-state index is 0.197. The fourth-order valence-electron chi connectivity index (χ4n) is 1.37. The Morgan fingerprint density at radius 1 is 1.40 bits per heavy atom. The van der Waals surface area contributed by atoms with Gasteiger partial charge in [-0.25, -0.2) is 0 Å². The number of fused-ring (bicyclic) bond motifs is 1. The van der Waals surface area contributed by atoms with Gasteiger partial charge in [-0.1, -0.05) is 18.1 Å². The number of anilines is 1. The Kier molecular flexibility index (Phi) is 2.21. The molecule has 0 N–H and O–H groups in total. The number of sulfonamides is 1. The Morgan fingerprint density at radius 2 is 2.13 bits per heavy atom. The molecule has 0 saturated carbocycles. The zero-order valence-corrected chi connectivity index (χ0v) is 8.61. The number of terminal acetylenes is 1. The second-order valence-corrected chi connectivity index (χ2v) is 4.60. The summed E-state index contributed by atoms with van der Waals surface area (Å²) in [6.07, 6.45) is 6.43. The summed E-state index contributed by atoms with van der Waals surface area (Å²) in [4.78, 5) is 1.82. The van der Waals surface area contributed by atoms with Crippen LogP contribution in [0.25, 0.3) is 0 Å². The fraction of sp³-hybridized carbons (Fsp3) is 0.100. The molecule has 1 aliphatic rings. The fourth-order valence-corrected chi connectivity index (χ4v) is 2.43. The maximum atomic E-state index is 11.5. The second-order valence-electron chi connectivity index (χ2n) is 3.00. The third-order valence-electron chi connectivity index (χ3n) is 2.04. The number of nitrogens with zero attached hydrogens (tertiary/aromatic N) is 2. The van der Waals surface area contributed by atoms with E-state index >= 15 is 0 Å². The lowest BCUT2D eigenvalue weighted by molar-refractivity contribution is 0.597. The monoisotopic (exact) mass is 220 g/mol. The minimum Gasteiger partial charge on any atom is -0.319 e. The SMILES string of the molecule is C#CCN1C=NS(=O)(=O)c2ccccc21. The van der Waals surface area contributed by atoms with Gasteiger partial charge in [0.25, 0.3) is 10.0 Å². The van der Waals surface area contributed by atoms with Gasteiger partial charge in [0, 0.05) is 0 Å². The van der Waals surface area contributed by atoms with E-state index in [2.05, 4.69) is 10.3 Å². The van der Waals surface area contributed by atoms with E-state index in [4.69, 9.17) is 6.42 Å². The summed E-state index contributed by atoms with van der Waals surface area (Å²) in [6.45, 7) is 0.302. The highest BCUT2D eigenvalue weighted by atomic mass is 32.2. The molecule has 0 aromatic heterocycles. The molecule has 0 amide bonds. The first-order valence-electron chi connectivity index (χ1n) is 4.25. The number of hydrogen-bond acceptors (Lipinski definition) is 3. The van der Waals surface area contributed by atoms with Crippen molar-refractivity contribution >= 4 is 22.0 Å². The molecule has 15 heavy (non-hydrogen) atoms. The lowest BCUT2D eigenvalue weighted by Crippen LogP contribution is -2.27. The van der Waals surface area contributed by atoms with Crippen molar-refractivity contribution in [3.63, 3.8) is 0 Å². The van der Waals surface area contributed by atoms with Gasteiger partial charge in [0.15, 0.2) is 0 Å². The Balaban J connectivity index is 2.61. The van der Waals surface area contributed by atoms with Crippen LogP contribution >= 0.6 is 0 Å². The number of para-hydroxylation sites is 1. The quantitative estimate of drug-likeness (QED) is 0.659. The summed E-state index contributed by atoms with van der Waals surface area (Å²) in [5, 5.41) is 0. The summed E-state index contributed by atoms with van der Waals surface area (Å²) >= 11 is 0. The van der Waals surface area contributed by atoms with Crippen molar-refractivity contribution in [1.29, 1.82) is 0 Å². The van der Waals surface area contributed by atoms with E-state index < -0.39 is 10.0 Å². The molecular formula is C10H8N2O2S. The molecule has 1 aromatic carbocycles. The third-order valence-corrected chi connectivity index (χ3v) is 3.31. The van der Waals surface area contributed by atoms with Gasteiger partial charge in [0.05, 0.1) is 12.2 Å². The maximum Gasteiger partial charge on any atom is 0.285 e. The van der Waals surface area contributed by atoms with Gasteiger partial charge < -0.3 is 4.90 Å². The van der Waals surface area contributed by atoms with E-state index in [0.717, 1.165) is 0 Å². The van der Waals surface area contributed by atoms with Gasteiger partial charge in [-0.15, -0.1) is 10.8 Å². The Labute approximate surface area is 88.3 Å². The van der Waals surface area contributed by atoms with Gasteiger partial charge in [-0.2, -0.15) is 8.42 Å². The van der Waals surface area contributed by atoms with Crippen LogP contribution in [-0.2, 0) is 10.0 Å². The van der Waals surface area contributed by atoms with Gasteiger partial charge in [0.2, 0.25) is 0 Å². The van der Waals surface area contributed by atoms with E-state index in [1.807, 2.05) is 0 Å². The first-order valence-corrected chi connectivity index (χ1v) is 5.69. The molecule has 4 nitrogen and oxygen atoms in total. The zero-order chi connectivity index (χ0) is 10.9. The van der Waals surface area contributed by atoms with Crippen LogP contribution in [0.5, 0.6) is 0 Å². The molecule has 2 rings (SSSR count). The molecule has 0 atom stereocenters. The molecule has 0 saturated heterocycles. The van der Waals surface area contributed by atoms with E-state index in [0.29, 0.717) is 12.2 Å². The molecule has 0 unspecified atom stereocenters. The van der Waals surface area contributed by atoms with Crippen LogP contribution in [0.3, 0.4) is 0 Å². The Bertz CT molecular complexity index is 555. The molecular weight excluding hydrogens is 212 g/mol. The van der Waals surface area contributed by atoms with Gasteiger partial charge in [-0.05, 0) is 12.1 Å². The van der Waals surface area contributed by atoms with E-state index in [-0.39, 0.29) is 4.90 Å². The van der Waals surface area contributed by atoms with Crippen molar-refractivity contribution < 1.29 is 8.42 Å². The topological polar surface area (TPSA) is 49.7 Å². The highest BCUT2D eigenvalue weighted by molar-refractivity contribution is 7.90. The van der Waals surface area contributed by atoms with Crippen LogP contribution in [0.4, 0.5) is 5.69 Å². The zero-order valence-electron chi connectivity index (χ0n) is 7.79. The van der Waals surface area contributed by atoms with Crippen molar-refractivity contribution in [2.75, 3.05) is 11.4 Å². The molecule has 1 aliphatic heterocycles. The smallest absolute Gasteiger partial charge is 0.285 e. The summed E-state index contributed by atoms with van der Waals surface area (Å²) in [6, 6.07) is 6.64. The summed E-state index contributed by atoms with van der Waals surface area (Å²) in [5.74, 6) is 2.45. The van der Waals surface area contributed by atoms with Crippen LogP contribution in [0.2, 0.25) is 0 Å². The highest BCUT2D eigenvalue weighted by Crippen LogP contribution is 2.28. The van der Waals surface area contributed by atoms with Crippen LogP contribution in [-0.4, -0.2) is 21.3 Å². The molecule has 0 radical (unpaired) electrons. The molecule has 1 aromatic rings. The molecule has 0 aliphatic carbocycles. The predicted molar refractivity (Wildman–Crippen MR) is 58.3 cm³/mol. The Hall–Kier alpha value is -1.80. The summed E-state index contributed by atoms with van der Waals surface area (Å²) in [5.41, 5.74) is 0.574. The standard InChI is InChI=1S/C10H8N2O2S/c1-2-7-12-8-11-15(13,14)10-6-4-3-5-9(10)12/h1,3-6,8H,7H2. The molecule has 5 heteroatoms. The average molecular weight is 220 g/mol. The largest absolute Gasteiger partial charge is 0.319 e. The highest BCUT2D eigenvalue weighted by Gasteiger charge is 2.23.